The number of halogens is 1. The highest BCUT2D eigenvalue weighted by atomic mass is 32.2. The fourth-order valence-corrected chi connectivity index (χ4v) is 2.59. The van der Waals surface area contributed by atoms with E-state index in [4.69, 9.17) is 5.26 Å². The van der Waals surface area contributed by atoms with Crippen molar-refractivity contribution in [3.8, 4) is 6.07 Å². The van der Waals surface area contributed by atoms with Gasteiger partial charge < -0.3 is 0 Å². The Kier molecular flexibility index (Phi) is 4.01. The van der Waals surface area contributed by atoms with Crippen molar-refractivity contribution in [2.45, 2.75) is 23.1 Å². The molecule has 0 fully saturated rings. The molecule has 0 spiro atoms. The van der Waals surface area contributed by atoms with E-state index in [-0.39, 0.29) is 5.82 Å². The van der Waals surface area contributed by atoms with Crippen molar-refractivity contribution in [2.24, 2.45) is 0 Å². The van der Waals surface area contributed by atoms with Crippen LogP contribution in [-0.2, 0) is 6.42 Å². The molecule has 3 heteroatoms. The summed E-state index contributed by atoms with van der Waals surface area (Å²) in [5.41, 5.74) is 2.16. The molecule has 0 radical (unpaired) electrons. The predicted octanol–water partition coefficient (Wildman–Crippen LogP) is 4.35. The smallest absolute Gasteiger partial charge is 0.123 e. The number of nitrogens with zero attached hydrogens (tertiary/aromatic N) is 1. The molecular weight excluding hydrogens is 245 g/mol. The van der Waals surface area contributed by atoms with Crippen molar-refractivity contribution in [2.75, 3.05) is 0 Å². The van der Waals surface area contributed by atoms with Crippen LogP contribution in [0.25, 0.3) is 0 Å². The summed E-state index contributed by atoms with van der Waals surface area (Å²) in [6.07, 6.45) is 0.394. The molecule has 0 aliphatic heterocycles. The second kappa shape index (κ2) is 5.70. The van der Waals surface area contributed by atoms with Crippen molar-refractivity contribution in [1.29, 1.82) is 5.26 Å². The van der Waals surface area contributed by atoms with E-state index in [0.29, 0.717) is 6.42 Å². The van der Waals surface area contributed by atoms with E-state index < -0.39 is 0 Å². The molecule has 0 N–H and O–H groups in total. The summed E-state index contributed by atoms with van der Waals surface area (Å²) in [6.45, 7) is 2.01. The van der Waals surface area contributed by atoms with Gasteiger partial charge in [0.05, 0.1) is 12.5 Å². The van der Waals surface area contributed by atoms with E-state index in [9.17, 15) is 4.39 Å². The van der Waals surface area contributed by atoms with Gasteiger partial charge >= 0.3 is 0 Å². The third kappa shape index (κ3) is 3.12. The lowest BCUT2D eigenvalue weighted by molar-refractivity contribution is 0.626. The molecule has 2 aromatic rings. The molecule has 18 heavy (non-hydrogen) atoms. The van der Waals surface area contributed by atoms with E-state index in [1.807, 2.05) is 25.1 Å². The van der Waals surface area contributed by atoms with Gasteiger partial charge in [-0.1, -0.05) is 29.5 Å². The van der Waals surface area contributed by atoms with Crippen molar-refractivity contribution in [3.63, 3.8) is 0 Å². The lowest BCUT2D eigenvalue weighted by Crippen LogP contribution is -1.88. The molecule has 0 aliphatic carbocycles. The van der Waals surface area contributed by atoms with E-state index in [2.05, 4.69) is 6.07 Å². The Labute approximate surface area is 110 Å². The van der Waals surface area contributed by atoms with Gasteiger partial charge in [-0.3, -0.25) is 0 Å². The Morgan fingerprint density at radius 3 is 2.56 bits per heavy atom. The zero-order valence-electron chi connectivity index (χ0n) is 9.98. The molecule has 0 aliphatic rings. The Morgan fingerprint density at radius 1 is 1.17 bits per heavy atom. The van der Waals surface area contributed by atoms with Crippen LogP contribution in [0.15, 0.2) is 52.3 Å². The molecule has 90 valence electrons. The second-order valence-corrected chi connectivity index (χ2v) is 5.12. The number of benzene rings is 2. The average Bonchev–Trinajstić information content (AvgIpc) is 2.36. The third-order valence-corrected chi connectivity index (χ3v) is 3.65. The summed E-state index contributed by atoms with van der Waals surface area (Å²) in [4.78, 5) is 2.02. The average molecular weight is 257 g/mol. The van der Waals surface area contributed by atoms with Crippen molar-refractivity contribution < 1.29 is 4.39 Å². The van der Waals surface area contributed by atoms with Gasteiger partial charge in [0, 0.05) is 9.79 Å². The van der Waals surface area contributed by atoms with Crippen LogP contribution < -0.4 is 0 Å². The molecule has 0 unspecified atom stereocenters. The summed E-state index contributed by atoms with van der Waals surface area (Å²) >= 11 is 1.55. The number of hydrogen-bond acceptors (Lipinski definition) is 2. The zero-order chi connectivity index (χ0) is 13.0. The highest BCUT2D eigenvalue weighted by Gasteiger charge is 2.05. The zero-order valence-corrected chi connectivity index (χ0v) is 10.8. The topological polar surface area (TPSA) is 23.8 Å². The van der Waals surface area contributed by atoms with Gasteiger partial charge in [0.1, 0.15) is 5.82 Å². The number of nitriles is 1. The fraction of sp³-hybridized carbons (Fsp3) is 0.133. The summed E-state index contributed by atoms with van der Waals surface area (Å²) in [5.74, 6) is -0.236. The molecule has 0 heterocycles. The Bertz CT molecular complexity index is 584. The molecular formula is C15H12FNS. The van der Waals surface area contributed by atoms with Crippen LogP contribution in [0.2, 0.25) is 0 Å². The molecule has 0 bridgehead atoms. The van der Waals surface area contributed by atoms with Gasteiger partial charge in [0.15, 0.2) is 0 Å². The summed E-state index contributed by atoms with van der Waals surface area (Å²) in [7, 11) is 0. The summed E-state index contributed by atoms with van der Waals surface area (Å²) in [5, 5.41) is 8.83. The quantitative estimate of drug-likeness (QED) is 0.816. The predicted molar refractivity (Wildman–Crippen MR) is 71.0 cm³/mol. The lowest BCUT2D eigenvalue weighted by Gasteiger charge is -2.07. The normalized spacial score (nSPS) is 10.1. The number of rotatable bonds is 3. The van der Waals surface area contributed by atoms with Crippen LogP contribution >= 0.6 is 11.8 Å². The standard InChI is InChI=1S/C15H12FNS/c1-11-2-7-15(12(10-11)8-9-17)18-14-5-3-13(16)4-6-14/h2-7,10H,8H2,1H3. The Hall–Kier alpha value is -1.79. The molecule has 1 nitrogen and oxygen atoms in total. The Balaban J connectivity index is 2.28. The molecule has 0 aromatic heterocycles. The van der Waals surface area contributed by atoms with Gasteiger partial charge in [0.25, 0.3) is 0 Å². The SMILES string of the molecule is Cc1ccc(Sc2ccc(F)cc2)c(CC#N)c1. The molecule has 2 aromatic carbocycles. The van der Waals surface area contributed by atoms with Crippen LogP contribution in [0.5, 0.6) is 0 Å². The van der Waals surface area contributed by atoms with Crippen LogP contribution in [0.4, 0.5) is 4.39 Å². The van der Waals surface area contributed by atoms with Crippen LogP contribution in [0, 0.1) is 24.1 Å². The van der Waals surface area contributed by atoms with Gasteiger partial charge in [-0.15, -0.1) is 0 Å². The molecule has 0 amide bonds. The van der Waals surface area contributed by atoms with Crippen molar-refractivity contribution >= 4 is 11.8 Å². The van der Waals surface area contributed by atoms with Crippen molar-refractivity contribution in [3.05, 3.63) is 59.4 Å². The van der Waals surface area contributed by atoms with Crippen LogP contribution in [0.1, 0.15) is 11.1 Å². The van der Waals surface area contributed by atoms with E-state index in [0.717, 1.165) is 20.9 Å². The van der Waals surface area contributed by atoms with Gasteiger partial charge in [-0.25, -0.2) is 4.39 Å². The van der Waals surface area contributed by atoms with Crippen LogP contribution in [-0.4, -0.2) is 0 Å². The third-order valence-electron chi connectivity index (χ3n) is 2.53. The Morgan fingerprint density at radius 2 is 1.89 bits per heavy atom. The maximum atomic E-state index is 12.8. The number of aryl methyl sites for hydroxylation is 1. The second-order valence-electron chi connectivity index (χ2n) is 4.00. The summed E-state index contributed by atoms with van der Waals surface area (Å²) < 4.78 is 12.8. The first-order valence-corrected chi connectivity index (χ1v) is 6.40. The maximum Gasteiger partial charge on any atom is 0.123 e. The minimum absolute atomic E-state index is 0.236. The lowest BCUT2D eigenvalue weighted by atomic mass is 10.1. The highest BCUT2D eigenvalue weighted by molar-refractivity contribution is 7.99. The minimum Gasteiger partial charge on any atom is -0.207 e. The van der Waals surface area contributed by atoms with E-state index >= 15 is 0 Å². The fourth-order valence-electron chi connectivity index (χ4n) is 1.66. The highest BCUT2D eigenvalue weighted by Crippen LogP contribution is 2.31. The molecule has 0 saturated heterocycles. The van der Waals surface area contributed by atoms with Crippen LogP contribution in [0.3, 0.4) is 0 Å². The minimum atomic E-state index is -0.236. The maximum absolute atomic E-state index is 12.8. The monoisotopic (exact) mass is 257 g/mol. The molecule has 0 saturated carbocycles. The molecule has 0 atom stereocenters. The molecule has 2 rings (SSSR count). The first kappa shape index (κ1) is 12.7. The largest absolute Gasteiger partial charge is 0.207 e. The van der Waals surface area contributed by atoms with Crippen molar-refractivity contribution in [1.82, 2.24) is 0 Å². The first-order chi connectivity index (χ1) is 8.69. The summed E-state index contributed by atoms with van der Waals surface area (Å²) in [6, 6.07) is 14.6. The first-order valence-electron chi connectivity index (χ1n) is 5.59. The van der Waals surface area contributed by atoms with Gasteiger partial charge in [-0.2, -0.15) is 5.26 Å². The number of hydrogen-bond donors (Lipinski definition) is 0. The van der Waals surface area contributed by atoms with E-state index in [1.165, 1.54) is 12.1 Å². The van der Waals surface area contributed by atoms with E-state index in [1.54, 1.807) is 23.9 Å². The van der Waals surface area contributed by atoms with Gasteiger partial charge in [0.2, 0.25) is 0 Å². The van der Waals surface area contributed by atoms with Gasteiger partial charge in [-0.05, 0) is 42.8 Å².